The highest BCUT2D eigenvalue weighted by Crippen LogP contribution is 2.12. The number of nitrogens with one attached hydrogen (secondary N) is 2. The molecule has 2 aromatic rings. The summed E-state index contributed by atoms with van der Waals surface area (Å²) in [6, 6.07) is 12.8. The fourth-order valence-corrected chi connectivity index (χ4v) is 2.28. The van der Waals surface area contributed by atoms with Crippen LogP contribution in [0.4, 0.5) is 0 Å². The molecule has 23 heavy (non-hydrogen) atoms. The van der Waals surface area contributed by atoms with Crippen LogP contribution in [-0.2, 0) is 4.79 Å². The Kier molecular flexibility index (Phi) is 5.71. The van der Waals surface area contributed by atoms with E-state index >= 15 is 0 Å². The Morgan fingerprint density at radius 2 is 1.70 bits per heavy atom. The first-order valence-electron chi connectivity index (χ1n) is 7.07. The molecule has 0 spiro atoms. The maximum atomic E-state index is 11.9. The average molecular weight is 373 g/mol. The van der Waals surface area contributed by atoms with E-state index in [0.29, 0.717) is 5.56 Å². The Balaban J connectivity index is 1.90. The lowest BCUT2D eigenvalue weighted by atomic mass is 10.1. The third kappa shape index (κ3) is 5.07. The van der Waals surface area contributed by atoms with Crippen molar-refractivity contribution in [3.05, 3.63) is 75.3 Å². The van der Waals surface area contributed by atoms with Crippen LogP contribution in [0.2, 0.25) is 0 Å². The lowest BCUT2D eigenvalue weighted by Gasteiger charge is -2.05. The van der Waals surface area contributed by atoms with Crippen LogP contribution in [0.5, 0.6) is 0 Å². The van der Waals surface area contributed by atoms with Crippen LogP contribution in [0.1, 0.15) is 27.0 Å². The third-order valence-corrected chi connectivity index (χ3v) is 3.77. The zero-order valence-electron chi connectivity index (χ0n) is 12.9. The van der Waals surface area contributed by atoms with Crippen molar-refractivity contribution in [1.82, 2.24) is 10.9 Å². The van der Waals surface area contributed by atoms with Crippen LogP contribution >= 0.6 is 15.9 Å². The van der Waals surface area contributed by atoms with E-state index in [2.05, 4.69) is 26.8 Å². The molecule has 2 aromatic carbocycles. The molecule has 0 bridgehead atoms. The van der Waals surface area contributed by atoms with Crippen LogP contribution < -0.4 is 10.9 Å². The zero-order chi connectivity index (χ0) is 16.8. The highest BCUT2D eigenvalue weighted by Gasteiger charge is 2.05. The van der Waals surface area contributed by atoms with Gasteiger partial charge in [-0.3, -0.25) is 20.4 Å². The number of amides is 2. The third-order valence-electron chi connectivity index (χ3n) is 3.25. The van der Waals surface area contributed by atoms with E-state index in [1.807, 2.05) is 32.0 Å². The summed E-state index contributed by atoms with van der Waals surface area (Å²) in [6.07, 6.45) is 3.11. The van der Waals surface area contributed by atoms with Crippen molar-refractivity contribution in [1.29, 1.82) is 0 Å². The van der Waals surface area contributed by atoms with E-state index < -0.39 is 5.91 Å². The number of carbonyl (C=O) groups excluding carboxylic acids is 2. The van der Waals surface area contributed by atoms with Crippen molar-refractivity contribution in [2.45, 2.75) is 13.8 Å². The topological polar surface area (TPSA) is 58.2 Å². The molecule has 0 saturated heterocycles. The highest BCUT2D eigenvalue weighted by atomic mass is 79.9. The van der Waals surface area contributed by atoms with Gasteiger partial charge in [0.15, 0.2) is 0 Å². The van der Waals surface area contributed by atoms with Gasteiger partial charge >= 0.3 is 0 Å². The number of halogens is 1. The van der Waals surface area contributed by atoms with Crippen molar-refractivity contribution in [3.8, 4) is 0 Å². The normalized spacial score (nSPS) is 10.6. The van der Waals surface area contributed by atoms with Gasteiger partial charge in [-0.05, 0) is 55.3 Å². The van der Waals surface area contributed by atoms with Gasteiger partial charge in [-0.15, -0.1) is 0 Å². The largest absolute Gasteiger partial charge is 0.269 e. The minimum absolute atomic E-state index is 0.370. The summed E-state index contributed by atoms with van der Waals surface area (Å²) in [6.45, 7) is 4.00. The fraction of sp³-hybridized carbons (Fsp3) is 0.111. The Morgan fingerprint density at radius 3 is 2.35 bits per heavy atom. The van der Waals surface area contributed by atoms with Crippen LogP contribution in [-0.4, -0.2) is 11.8 Å². The molecule has 0 aliphatic heterocycles. The second-order valence-corrected chi connectivity index (χ2v) is 6.06. The quantitative estimate of drug-likeness (QED) is 0.639. The summed E-state index contributed by atoms with van der Waals surface area (Å²) in [7, 11) is 0. The second kappa shape index (κ2) is 7.74. The van der Waals surface area contributed by atoms with Gasteiger partial charge in [-0.25, -0.2) is 0 Å². The molecule has 2 N–H and O–H groups in total. The molecule has 0 unspecified atom stereocenters. The summed E-state index contributed by atoms with van der Waals surface area (Å²) in [5, 5.41) is 0. The molecular weight excluding hydrogens is 356 g/mol. The minimum atomic E-state index is -0.393. The maximum absolute atomic E-state index is 11.9. The van der Waals surface area contributed by atoms with Crippen LogP contribution in [0.15, 0.2) is 53.0 Å². The molecule has 0 aromatic heterocycles. The molecule has 0 heterocycles. The van der Waals surface area contributed by atoms with Gasteiger partial charge in [0.05, 0.1) is 0 Å². The van der Waals surface area contributed by atoms with E-state index in [1.54, 1.807) is 30.3 Å². The van der Waals surface area contributed by atoms with E-state index in [0.717, 1.165) is 15.6 Å². The summed E-state index contributed by atoms with van der Waals surface area (Å²) < 4.78 is 0.884. The molecule has 0 saturated carbocycles. The van der Waals surface area contributed by atoms with E-state index in [9.17, 15) is 9.59 Å². The Bertz CT molecular complexity index is 752. The number of benzene rings is 2. The van der Waals surface area contributed by atoms with Crippen molar-refractivity contribution in [3.63, 3.8) is 0 Å². The fourth-order valence-electron chi connectivity index (χ4n) is 2.01. The van der Waals surface area contributed by atoms with Gasteiger partial charge in [-0.2, -0.15) is 0 Å². The van der Waals surface area contributed by atoms with Gasteiger partial charge in [0.2, 0.25) is 0 Å². The van der Waals surface area contributed by atoms with Gasteiger partial charge in [0.1, 0.15) is 0 Å². The number of hydrogen-bond donors (Lipinski definition) is 2. The first-order valence-corrected chi connectivity index (χ1v) is 7.86. The number of hydrazine groups is 1. The van der Waals surface area contributed by atoms with Crippen LogP contribution in [0, 0.1) is 13.8 Å². The van der Waals surface area contributed by atoms with Gasteiger partial charge in [0, 0.05) is 16.1 Å². The average Bonchev–Trinajstić information content (AvgIpc) is 2.52. The standard InChI is InChI=1S/C18H17BrN2O2/c1-12-3-4-14(13(2)11-12)7-10-17(22)20-21-18(23)15-5-8-16(19)9-6-15/h3-11H,1-2H3,(H,20,22)(H,21,23)/b10-7+. The molecule has 118 valence electrons. The predicted octanol–water partition coefficient (Wildman–Crippen LogP) is 3.54. The summed E-state index contributed by atoms with van der Waals surface area (Å²) in [4.78, 5) is 23.6. The van der Waals surface area contributed by atoms with E-state index in [-0.39, 0.29) is 5.91 Å². The number of rotatable bonds is 3. The summed E-state index contributed by atoms with van der Waals surface area (Å²) in [5.74, 6) is -0.763. The first-order chi connectivity index (χ1) is 11.0. The first kappa shape index (κ1) is 17.0. The molecule has 4 nitrogen and oxygen atoms in total. The smallest absolute Gasteiger partial charge is 0.268 e. The summed E-state index contributed by atoms with van der Waals surface area (Å²) in [5.41, 5.74) is 8.42. The van der Waals surface area contributed by atoms with Crippen LogP contribution in [0.3, 0.4) is 0 Å². The minimum Gasteiger partial charge on any atom is -0.268 e. The molecule has 2 amide bonds. The van der Waals surface area contributed by atoms with Gasteiger partial charge in [-0.1, -0.05) is 39.7 Å². The van der Waals surface area contributed by atoms with E-state index in [4.69, 9.17) is 0 Å². The molecule has 0 aliphatic rings. The van der Waals surface area contributed by atoms with Crippen LogP contribution in [0.25, 0.3) is 6.08 Å². The highest BCUT2D eigenvalue weighted by molar-refractivity contribution is 9.10. The Morgan fingerprint density at radius 1 is 1.00 bits per heavy atom. The molecule has 0 fully saturated rings. The number of aryl methyl sites for hydroxylation is 2. The lowest BCUT2D eigenvalue weighted by molar-refractivity contribution is -0.117. The molecule has 0 atom stereocenters. The van der Waals surface area contributed by atoms with E-state index in [1.165, 1.54) is 11.6 Å². The SMILES string of the molecule is Cc1ccc(/C=C/C(=O)NNC(=O)c2ccc(Br)cc2)c(C)c1. The molecule has 0 radical (unpaired) electrons. The lowest BCUT2D eigenvalue weighted by Crippen LogP contribution is -2.40. The Hall–Kier alpha value is -2.40. The molecule has 0 aliphatic carbocycles. The molecule has 5 heteroatoms. The monoisotopic (exact) mass is 372 g/mol. The van der Waals surface area contributed by atoms with Crippen molar-refractivity contribution in [2.75, 3.05) is 0 Å². The van der Waals surface area contributed by atoms with Gasteiger partial charge < -0.3 is 0 Å². The maximum Gasteiger partial charge on any atom is 0.269 e. The second-order valence-electron chi connectivity index (χ2n) is 5.14. The zero-order valence-corrected chi connectivity index (χ0v) is 14.5. The molecule has 2 rings (SSSR count). The number of hydrogen-bond acceptors (Lipinski definition) is 2. The molecular formula is C18H17BrN2O2. The number of carbonyl (C=O) groups is 2. The van der Waals surface area contributed by atoms with Gasteiger partial charge in [0.25, 0.3) is 11.8 Å². The van der Waals surface area contributed by atoms with Crippen molar-refractivity contribution >= 4 is 33.8 Å². The summed E-state index contributed by atoms with van der Waals surface area (Å²) >= 11 is 3.30. The van der Waals surface area contributed by atoms with Crippen molar-refractivity contribution in [2.24, 2.45) is 0 Å². The van der Waals surface area contributed by atoms with Crippen molar-refractivity contribution < 1.29 is 9.59 Å². The predicted molar refractivity (Wildman–Crippen MR) is 94.7 cm³/mol. The Labute approximate surface area is 143 Å².